The van der Waals surface area contributed by atoms with Crippen LogP contribution in [-0.4, -0.2) is 48.7 Å². The Bertz CT molecular complexity index is 793. The summed E-state index contributed by atoms with van der Waals surface area (Å²) in [5.74, 6) is -0.837. The summed E-state index contributed by atoms with van der Waals surface area (Å²) in [5.41, 5.74) is 1.32. The Kier molecular flexibility index (Phi) is 6.47. The van der Waals surface area contributed by atoms with E-state index in [1.54, 1.807) is 4.90 Å². The fourth-order valence-electron chi connectivity index (χ4n) is 3.99. The Morgan fingerprint density at radius 3 is 2.36 bits per heavy atom. The lowest BCUT2D eigenvalue weighted by Gasteiger charge is -2.25. The summed E-state index contributed by atoms with van der Waals surface area (Å²) in [7, 11) is 1.50. The van der Waals surface area contributed by atoms with Gasteiger partial charge in [0.05, 0.1) is 6.61 Å². The topological polar surface area (TPSA) is 66.8 Å². The normalized spacial score (nSPS) is 20.1. The highest BCUT2D eigenvalue weighted by atomic mass is 16.5. The van der Waals surface area contributed by atoms with Crippen molar-refractivity contribution >= 4 is 11.9 Å². The molecule has 0 spiro atoms. The summed E-state index contributed by atoms with van der Waals surface area (Å²) in [5, 5.41) is 9.63. The minimum absolute atomic E-state index is 0.00372. The number of amides is 1. The summed E-state index contributed by atoms with van der Waals surface area (Å²) in [4.78, 5) is 26.5. The molecule has 5 nitrogen and oxygen atoms in total. The van der Waals surface area contributed by atoms with Crippen molar-refractivity contribution in [3.05, 3.63) is 71.8 Å². The first-order valence-electron chi connectivity index (χ1n) is 9.63. The molecule has 2 aromatic rings. The van der Waals surface area contributed by atoms with Crippen molar-refractivity contribution in [3.63, 3.8) is 0 Å². The van der Waals surface area contributed by atoms with Crippen LogP contribution in [0.4, 0.5) is 0 Å². The largest absolute Gasteiger partial charge is 0.481 e. The van der Waals surface area contributed by atoms with Gasteiger partial charge >= 0.3 is 5.97 Å². The van der Waals surface area contributed by atoms with Crippen LogP contribution in [0, 0.1) is 5.41 Å². The van der Waals surface area contributed by atoms with Crippen LogP contribution in [0.2, 0.25) is 0 Å². The first-order chi connectivity index (χ1) is 13.5. The summed E-state index contributed by atoms with van der Waals surface area (Å²) in [6.07, 6.45) is 1.56. The Hall–Kier alpha value is -2.66. The molecule has 2 aromatic carbocycles. The van der Waals surface area contributed by atoms with Gasteiger partial charge in [-0.05, 0) is 29.9 Å². The van der Waals surface area contributed by atoms with Crippen molar-refractivity contribution < 1.29 is 19.4 Å². The van der Waals surface area contributed by atoms with Crippen LogP contribution in [-0.2, 0) is 20.7 Å². The fourth-order valence-corrected chi connectivity index (χ4v) is 3.99. The second-order valence-corrected chi connectivity index (χ2v) is 7.59. The molecule has 0 saturated carbocycles. The Morgan fingerprint density at radius 2 is 1.75 bits per heavy atom. The van der Waals surface area contributed by atoms with E-state index >= 15 is 0 Å². The van der Waals surface area contributed by atoms with Crippen LogP contribution in [0.1, 0.15) is 29.9 Å². The lowest BCUT2D eigenvalue weighted by molar-refractivity contribution is -0.151. The maximum absolute atomic E-state index is 13.0. The number of hydrogen-bond donors (Lipinski definition) is 1. The zero-order valence-electron chi connectivity index (χ0n) is 16.2. The molecule has 0 radical (unpaired) electrons. The standard InChI is InChI=1S/C23H27NO4/c1-28-17-23(22(26)27)12-13-24(16-23)21(25)15-20(19-10-6-3-7-11-19)14-18-8-4-2-5-9-18/h2-11,20H,12-17H2,1H3,(H,26,27). The summed E-state index contributed by atoms with van der Waals surface area (Å²) >= 11 is 0. The van der Waals surface area contributed by atoms with Gasteiger partial charge in [-0.1, -0.05) is 60.7 Å². The van der Waals surface area contributed by atoms with Gasteiger partial charge in [-0.15, -0.1) is 0 Å². The second kappa shape index (κ2) is 9.02. The molecule has 1 amide bonds. The first-order valence-corrected chi connectivity index (χ1v) is 9.63. The third-order valence-corrected chi connectivity index (χ3v) is 5.60. The number of ether oxygens (including phenoxy) is 1. The molecule has 3 rings (SSSR count). The maximum atomic E-state index is 13.0. The van der Waals surface area contributed by atoms with Crippen molar-refractivity contribution in [2.24, 2.45) is 5.41 Å². The Balaban J connectivity index is 1.74. The molecule has 5 heteroatoms. The zero-order chi connectivity index (χ0) is 20.0. The Labute approximate surface area is 165 Å². The van der Waals surface area contributed by atoms with Crippen molar-refractivity contribution in [1.29, 1.82) is 0 Å². The second-order valence-electron chi connectivity index (χ2n) is 7.59. The minimum Gasteiger partial charge on any atom is -0.481 e. The van der Waals surface area contributed by atoms with Crippen molar-refractivity contribution in [2.75, 3.05) is 26.8 Å². The number of carboxylic acids is 1. The number of aliphatic carboxylic acids is 1. The molecule has 2 atom stereocenters. The van der Waals surface area contributed by atoms with Crippen molar-refractivity contribution in [3.8, 4) is 0 Å². The number of methoxy groups -OCH3 is 1. The van der Waals surface area contributed by atoms with Crippen LogP contribution in [0.15, 0.2) is 60.7 Å². The highest BCUT2D eigenvalue weighted by Crippen LogP contribution is 2.33. The van der Waals surface area contributed by atoms with Gasteiger partial charge in [0.25, 0.3) is 0 Å². The number of carboxylic acid groups (broad SMARTS) is 1. The van der Waals surface area contributed by atoms with Gasteiger partial charge in [0, 0.05) is 26.6 Å². The van der Waals surface area contributed by atoms with E-state index in [0.717, 1.165) is 12.0 Å². The first kappa shape index (κ1) is 20.1. The Morgan fingerprint density at radius 1 is 1.11 bits per heavy atom. The van der Waals surface area contributed by atoms with Crippen LogP contribution in [0.5, 0.6) is 0 Å². The van der Waals surface area contributed by atoms with Gasteiger partial charge in [0.2, 0.25) is 5.91 Å². The molecule has 1 fully saturated rings. The maximum Gasteiger partial charge on any atom is 0.313 e. The van der Waals surface area contributed by atoms with Crippen LogP contribution < -0.4 is 0 Å². The number of nitrogens with zero attached hydrogens (tertiary/aromatic N) is 1. The van der Waals surface area contributed by atoms with E-state index in [0.29, 0.717) is 19.4 Å². The van der Waals surface area contributed by atoms with Crippen LogP contribution in [0.3, 0.4) is 0 Å². The predicted octanol–water partition coefficient (Wildman–Crippen LogP) is 3.35. The van der Waals surface area contributed by atoms with E-state index in [1.807, 2.05) is 36.4 Å². The molecular formula is C23H27NO4. The zero-order valence-corrected chi connectivity index (χ0v) is 16.2. The molecule has 0 aromatic heterocycles. The van der Waals surface area contributed by atoms with Gasteiger partial charge in [0.15, 0.2) is 0 Å². The molecule has 1 heterocycles. The molecule has 0 bridgehead atoms. The summed E-state index contributed by atoms with van der Waals surface area (Å²) in [6, 6.07) is 20.2. The number of benzene rings is 2. The van der Waals surface area contributed by atoms with Gasteiger partial charge in [-0.2, -0.15) is 0 Å². The van der Waals surface area contributed by atoms with Gasteiger partial charge in [0.1, 0.15) is 5.41 Å². The van der Waals surface area contributed by atoms with Gasteiger partial charge in [-0.3, -0.25) is 9.59 Å². The van der Waals surface area contributed by atoms with Crippen molar-refractivity contribution in [1.82, 2.24) is 4.90 Å². The molecule has 1 aliphatic rings. The van der Waals surface area contributed by atoms with E-state index in [4.69, 9.17) is 4.74 Å². The summed E-state index contributed by atoms with van der Waals surface area (Å²) < 4.78 is 5.13. The highest BCUT2D eigenvalue weighted by Gasteiger charge is 2.46. The molecule has 2 unspecified atom stereocenters. The number of likely N-dealkylation sites (tertiary alicyclic amines) is 1. The molecular weight excluding hydrogens is 354 g/mol. The van der Waals surface area contributed by atoms with Gasteiger partial charge in [-0.25, -0.2) is 0 Å². The quantitative estimate of drug-likeness (QED) is 0.761. The third-order valence-electron chi connectivity index (χ3n) is 5.60. The predicted molar refractivity (Wildman–Crippen MR) is 107 cm³/mol. The van der Waals surface area contributed by atoms with Gasteiger partial charge < -0.3 is 14.7 Å². The molecule has 28 heavy (non-hydrogen) atoms. The van der Waals surface area contributed by atoms with E-state index in [1.165, 1.54) is 12.7 Å². The summed E-state index contributed by atoms with van der Waals surface area (Å²) in [6.45, 7) is 0.793. The number of carbonyl (C=O) groups excluding carboxylic acids is 1. The number of hydrogen-bond acceptors (Lipinski definition) is 3. The van der Waals surface area contributed by atoms with Crippen LogP contribution in [0.25, 0.3) is 0 Å². The molecule has 1 saturated heterocycles. The average molecular weight is 381 g/mol. The smallest absolute Gasteiger partial charge is 0.313 e. The highest BCUT2D eigenvalue weighted by molar-refractivity contribution is 5.81. The van der Waals surface area contributed by atoms with Crippen molar-refractivity contribution in [2.45, 2.75) is 25.2 Å². The monoisotopic (exact) mass is 381 g/mol. The SMILES string of the molecule is COCC1(C(=O)O)CCN(C(=O)CC(Cc2ccccc2)c2ccccc2)C1. The number of rotatable bonds is 8. The molecule has 1 aliphatic heterocycles. The molecule has 0 aliphatic carbocycles. The lowest BCUT2D eigenvalue weighted by atomic mass is 9.88. The molecule has 148 valence electrons. The van der Waals surface area contributed by atoms with E-state index in [-0.39, 0.29) is 25.0 Å². The number of carbonyl (C=O) groups is 2. The van der Waals surface area contributed by atoms with E-state index in [2.05, 4.69) is 24.3 Å². The third kappa shape index (κ3) is 4.60. The van der Waals surface area contributed by atoms with Crippen LogP contribution >= 0.6 is 0 Å². The fraction of sp³-hybridized carbons (Fsp3) is 0.391. The average Bonchev–Trinajstić information content (AvgIpc) is 3.15. The lowest BCUT2D eigenvalue weighted by Crippen LogP contribution is -2.40. The minimum atomic E-state index is -0.994. The molecule has 1 N–H and O–H groups in total. The van der Waals surface area contributed by atoms with E-state index < -0.39 is 11.4 Å². The van der Waals surface area contributed by atoms with E-state index in [9.17, 15) is 14.7 Å².